The van der Waals surface area contributed by atoms with Crippen LogP contribution in [0.15, 0.2) is 90.0 Å². The SMILES string of the molecule is Cc1cc(=O)c(C(=O)Nc2ccc(-c3cn4ccccc4n3)cc2)nn1-c1ccccc1F. The Balaban J connectivity index is 1.41. The fraction of sp³-hybridized carbons (Fsp3) is 0.0400. The van der Waals surface area contributed by atoms with Crippen molar-refractivity contribution in [2.75, 3.05) is 5.32 Å². The summed E-state index contributed by atoms with van der Waals surface area (Å²) >= 11 is 0. The fourth-order valence-corrected chi connectivity index (χ4v) is 3.56. The monoisotopic (exact) mass is 439 g/mol. The molecular formula is C25H18FN5O2. The molecule has 0 aliphatic carbocycles. The number of anilines is 1. The van der Waals surface area contributed by atoms with E-state index in [9.17, 15) is 14.0 Å². The van der Waals surface area contributed by atoms with Crippen molar-refractivity contribution in [3.8, 4) is 16.9 Å². The minimum atomic E-state index is -0.675. The molecule has 0 bridgehead atoms. The summed E-state index contributed by atoms with van der Waals surface area (Å²) in [6.45, 7) is 1.63. The van der Waals surface area contributed by atoms with Crippen LogP contribution in [-0.2, 0) is 0 Å². The molecular weight excluding hydrogens is 421 g/mol. The largest absolute Gasteiger partial charge is 0.320 e. The first kappa shape index (κ1) is 20.3. The van der Waals surface area contributed by atoms with Gasteiger partial charge in [-0.3, -0.25) is 9.59 Å². The second-order valence-electron chi connectivity index (χ2n) is 7.49. The third-order valence-corrected chi connectivity index (χ3v) is 5.21. The number of carbonyl (C=O) groups is 1. The highest BCUT2D eigenvalue weighted by molar-refractivity contribution is 6.02. The third-order valence-electron chi connectivity index (χ3n) is 5.21. The average Bonchev–Trinajstić information content (AvgIpc) is 3.25. The normalized spacial score (nSPS) is 11.0. The van der Waals surface area contributed by atoms with Crippen LogP contribution in [0.4, 0.5) is 10.1 Å². The lowest BCUT2D eigenvalue weighted by atomic mass is 10.1. The van der Waals surface area contributed by atoms with Crippen LogP contribution in [-0.4, -0.2) is 25.1 Å². The van der Waals surface area contributed by atoms with Crippen LogP contribution < -0.4 is 10.7 Å². The summed E-state index contributed by atoms with van der Waals surface area (Å²) in [4.78, 5) is 29.8. The van der Waals surface area contributed by atoms with Crippen molar-refractivity contribution >= 4 is 17.2 Å². The van der Waals surface area contributed by atoms with Gasteiger partial charge in [0, 0.05) is 35.4 Å². The van der Waals surface area contributed by atoms with Crippen molar-refractivity contribution in [3.63, 3.8) is 0 Å². The molecule has 0 aliphatic rings. The van der Waals surface area contributed by atoms with Gasteiger partial charge in [-0.1, -0.05) is 30.3 Å². The van der Waals surface area contributed by atoms with E-state index in [1.807, 2.05) is 47.1 Å². The molecule has 5 rings (SSSR count). The van der Waals surface area contributed by atoms with Crippen LogP contribution in [0.25, 0.3) is 22.6 Å². The Morgan fingerprint density at radius 3 is 2.52 bits per heavy atom. The Hall–Kier alpha value is -4.59. The number of aromatic nitrogens is 4. The van der Waals surface area contributed by atoms with E-state index < -0.39 is 17.2 Å². The molecule has 1 amide bonds. The zero-order valence-electron chi connectivity index (χ0n) is 17.6. The van der Waals surface area contributed by atoms with Crippen molar-refractivity contribution < 1.29 is 9.18 Å². The van der Waals surface area contributed by atoms with Crippen LogP contribution >= 0.6 is 0 Å². The Bertz CT molecular complexity index is 1520. The van der Waals surface area contributed by atoms with Crippen molar-refractivity contribution in [1.82, 2.24) is 19.2 Å². The number of hydrogen-bond donors (Lipinski definition) is 1. The van der Waals surface area contributed by atoms with E-state index >= 15 is 0 Å². The molecule has 162 valence electrons. The predicted molar refractivity (Wildman–Crippen MR) is 123 cm³/mol. The molecule has 1 N–H and O–H groups in total. The van der Waals surface area contributed by atoms with E-state index in [0.717, 1.165) is 16.9 Å². The number of hydrogen-bond acceptors (Lipinski definition) is 4. The predicted octanol–water partition coefficient (Wildman–Crippen LogP) is 4.25. The lowest BCUT2D eigenvalue weighted by Crippen LogP contribution is -2.27. The van der Waals surface area contributed by atoms with Crippen LogP contribution in [0, 0.1) is 12.7 Å². The number of para-hydroxylation sites is 1. The standard InChI is InChI=1S/C25H18FN5O2/c1-16-14-22(32)24(29-31(16)21-7-3-2-6-19(21)26)25(33)27-18-11-9-17(10-12-18)20-15-30-13-5-4-8-23(30)28-20/h2-15H,1H3,(H,27,33). The van der Waals surface area contributed by atoms with E-state index in [2.05, 4.69) is 15.4 Å². The maximum Gasteiger partial charge on any atom is 0.280 e. The van der Waals surface area contributed by atoms with E-state index in [4.69, 9.17) is 0 Å². The smallest absolute Gasteiger partial charge is 0.280 e. The van der Waals surface area contributed by atoms with Crippen LogP contribution in [0.2, 0.25) is 0 Å². The van der Waals surface area contributed by atoms with Crippen molar-refractivity contribution in [2.24, 2.45) is 0 Å². The molecule has 0 saturated heterocycles. The summed E-state index contributed by atoms with van der Waals surface area (Å²) in [5.41, 5.74) is 2.71. The quantitative estimate of drug-likeness (QED) is 0.454. The fourth-order valence-electron chi connectivity index (χ4n) is 3.56. The van der Waals surface area contributed by atoms with Crippen LogP contribution in [0.5, 0.6) is 0 Å². The van der Waals surface area contributed by atoms with Gasteiger partial charge in [-0.25, -0.2) is 14.1 Å². The molecule has 3 heterocycles. The Labute approximate surface area is 187 Å². The first-order valence-corrected chi connectivity index (χ1v) is 10.2. The second-order valence-corrected chi connectivity index (χ2v) is 7.49. The van der Waals surface area contributed by atoms with Gasteiger partial charge in [-0.2, -0.15) is 5.10 Å². The summed E-state index contributed by atoms with van der Waals surface area (Å²) in [6.07, 6.45) is 3.84. The van der Waals surface area contributed by atoms with Crippen molar-refractivity contribution in [2.45, 2.75) is 6.92 Å². The molecule has 3 aromatic heterocycles. The summed E-state index contributed by atoms with van der Waals surface area (Å²) in [7, 11) is 0. The number of carbonyl (C=O) groups excluding carboxylic acids is 1. The number of nitrogens with one attached hydrogen (secondary N) is 1. The van der Waals surface area contributed by atoms with Crippen molar-refractivity contribution in [1.29, 1.82) is 0 Å². The average molecular weight is 439 g/mol. The topological polar surface area (TPSA) is 81.3 Å². The van der Waals surface area contributed by atoms with Gasteiger partial charge in [-0.15, -0.1) is 0 Å². The second kappa shape index (κ2) is 8.16. The number of halogens is 1. The third kappa shape index (κ3) is 3.89. The van der Waals surface area contributed by atoms with E-state index in [-0.39, 0.29) is 11.4 Å². The molecule has 5 aromatic rings. The number of rotatable bonds is 4. The molecule has 8 heteroatoms. The molecule has 0 unspecified atom stereocenters. The van der Waals surface area contributed by atoms with E-state index in [1.165, 1.54) is 22.9 Å². The molecule has 0 aliphatic heterocycles. The first-order chi connectivity index (χ1) is 16.0. The van der Waals surface area contributed by atoms with E-state index in [0.29, 0.717) is 11.4 Å². The van der Waals surface area contributed by atoms with E-state index in [1.54, 1.807) is 31.2 Å². The van der Waals surface area contributed by atoms with Gasteiger partial charge in [0.1, 0.15) is 17.2 Å². The molecule has 0 radical (unpaired) electrons. The van der Waals surface area contributed by atoms with Crippen LogP contribution in [0.3, 0.4) is 0 Å². The van der Waals surface area contributed by atoms with Gasteiger partial charge < -0.3 is 9.72 Å². The molecule has 0 spiro atoms. The highest BCUT2D eigenvalue weighted by Gasteiger charge is 2.17. The minimum absolute atomic E-state index is 0.154. The number of imidazole rings is 1. The lowest BCUT2D eigenvalue weighted by molar-refractivity contribution is 0.101. The Morgan fingerprint density at radius 1 is 1.00 bits per heavy atom. The number of fused-ring (bicyclic) bond motifs is 1. The molecule has 33 heavy (non-hydrogen) atoms. The zero-order valence-corrected chi connectivity index (χ0v) is 17.6. The zero-order chi connectivity index (χ0) is 22.9. The van der Waals surface area contributed by atoms with Gasteiger partial charge in [-0.05, 0) is 43.3 Å². The minimum Gasteiger partial charge on any atom is -0.320 e. The molecule has 2 aromatic carbocycles. The highest BCUT2D eigenvalue weighted by atomic mass is 19.1. The van der Waals surface area contributed by atoms with Gasteiger partial charge >= 0.3 is 0 Å². The maximum absolute atomic E-state index is 14.2. The number of pyridine rings is 1. The number of aryl methyl sites for hydroxylation is 1. The van der Waals surface area contributed by atoms with Gasteiger partial charge in [0.25, 0.3) is 5.91 Å². The lowest BCUT2D eigenvalue weighted by Gasteiger charge is -2.12. The Kier molecular flexibility index (Phi) is 5.02. The summed E-state index contributed by atoms with van der Waals surface area (Å²) in [6, 6.07) is 20.2. The maximum atomic E-state index is 14.2. The molecule has 7 nitrogen and oxygen atoms in total. The summed E-state index contributed by atoms with van der Waals surface area (Å²) in [5.74, 6) is -1.18. The Morgan fingerprint density at radius 2 is 1.76 bits per heavy atom. The highest BCUT2D eigenvalue weighted by Crippen LogP contribution is 2.21. The van der Waals surface area contributed by atoms with Crippen LogP contribution in [0.1, 0.15) is 16.2 Å². The first-order valence-electron chi connectivity index (χ1n) is 10.2. The molecule has 0 fully saturated rings. The van der Waals surface area contributed by atoms with Crippen molar-refractivity contribution in [3.05, 3.63) is 113 Å². The van der Waals surface area contributed by atoms with Gasteiger partial charge in [0.2, 0.25) is 5.43 Å². The number of amides is 1. The van der Waals surface area contributed by atoms with Gasteiger partial charge in [0.15, 0.2) is 5.69 Å². The molecule has 0 atom stereocenters. The summed E-state index contributed by atoms with van der Waals surface area (Å²) < 4.78 is 17.4. The molecule has 0 saturated carbocycles. The summed E-state index contributed by atoms with van der Waals surface area (Å²) in [5, 5.41) is 6.81. The number of benzene rings is 2. The van der Waals surface area contributed by atoms with Gasteiger partial charge in [0.05, 0.1) is 5.69 Å². The number of nitrogens with zero attached hydrogens (tertiary/aromatic N) is 4.